The summed E-state index contributed by atoms with van der Waals surface area (Å²) in [6.07, 6.45) is 2.62. The van der Waals surface area contributed by atoms with Gasteiger partial charge in [-0.25, -0.2) is 0 Å². The van der Waals surface area contributed by atoms with Gasteiger partial charge in [0.25, 0.3) is 0 Å². The van der Waals surface area contributed by atoms with Crippen molar-refractivity contribution < 1.29 is 13.8 Å². The van der Waals surface area contributed by atoms with Crippen molar-refractivity contribution >= 4 is 22.6 Å². The molecule has 86 valence electrons. The van der Waals surface area contributed by atoms with Crippen molar-refractivity contribution in [1.29, 1.82) is 0 Å². The normalized spacial score (nSPS) is 23.0. The molecular formula is C9H16N2O3S. The largest absolute Gasteiger partial charge is 0.355 e. The molecule has 1 aliphatic rings. The summed E-state index contributed by atoms with van der Waals surface area (Å²) >= 11 is 0. The van der Waals surface area contributed by atoms with Crippen molar-refractivity contribution in [3.8, 4) is 0 Å². The van der Waals surface area contributed by atoms with Gasteiger partial charge in [0.2, 0.25) is 11.8 Å². The molecule has 0 bridgehead atoms. The van der Waals surface area contributed by atoms with Crippen LogP contribution in [0.3, 0.4) is 0 Å². The molecule has 1 aliphatic heterocycles. The van der Waals surface area contributed by atoms with Crippen LogP contribution in [0.2, 0.25) is 0 Å². The number of amides is 2. The first-order valence-corrected chi connectivity index (χ1v) is 6.66. The van der Waals surface area contributed by atoms with Crippen LogP contribution < -0.4 is 10.6 Å². The SMILES string of the molecule is CS(=O)CCNC(=O)C1CCC(=O)NC1. The molecule has 1 saturated heterocycles. The lowest BCUT2D eigenvalue weighted by Gasteiger charge is -2.21. The average Bonchev–Trinajstić information content (AvgIpc) is 2.18. The number of hydrogen-bond acceptors (Lipinski definition) is 3. The van der Waals surface area contributed by atoms with Gasteiger partial charge in [0.15, 0.2) is 0 Å². The van der Waals surface area contributed by atoms with Gasteiger partial charge >= 0.3 is 0 Å². The predicted octanol–water partition coefficient (Wildman–Crippen LogP) is -0.993. The van der Waals surface area contributed by atoms with Crippen LogP contribution >= 0.6 is 0 Å². The van der Waals surface area contributed by atoms with Gasteiger partial charge in [0.05, 0.1) is 5.92 Å². The lowest BCUT2D eigenvalue weighted by atomic mass is 9.98. The smallest absolute Gasteiger partial charge is 0.224 e. The summed E-state index contributed by atoms with van der Waals surface area (Å²) in [4.78, 5) is 22.4. The second kappa shape index (κ2) is 5.85. The third kappa shape index (κ3) is 4.42. The molecule has 5 nitrogen and oxygen atoms in total. The predicted molar refractivity (Wildman–Crippen MR) is 57.7 cm³/mol. The van der Waals surface area contributed by atoms with Crippen LogP contribution in [-0.2, 0) is 20.4 Å². The molecule has 0 saturated carbocycles. The molecule has 6 heteroatoms. The number of nitrogens with one attached hydrogen (secondary N) is 2. The lowest BCUT2D eigenvalue weighted by molar-refractivity contribution is -0.128. The molecule has 0 aromatic carbocycles. The third-order valence-corrected chi connectivity index (χ3v) is 3.10. The number of rotatable bonds is 4. The minimum Gasteiger partial charge on any atom is -0.355 e. The Morgan fingerprint density at radius 2 is 2.40 bits per heavy atom. The first kappa shape index (κ1) is 12.2. The summed E-state index contributed by atoms with van der Waals surface area (Å²) in [6, 6.07) is 0. The molecule has 2 unspecified atom stereocenters. The highest BCUT2D eigenvalue weighted by Crippen LogP contribution is 2.10. The second-order valence-corrected chi connectivity index (χ2v) is 5.16. The second-order valence-electron chi connectivity index (χ2n) is 3.61. The standard InChI is InChI=1S/C9H16N2O3S/c1-15(14)5-4-10-9(13)7-2-3-8(12)11-6-7/h7H,2-6H2,1H3,(H,10,13)(H,11,12). The van der Waals surface area contributed by atoms with E-state index in [1.165, 1.54) is 0 Å². The van der Waals surface area contributed by atoms with Crippen LogP contribution in [0.25, 0.3) is 0 Å². The van der Waals surface area contributed by atoms with Crippen LogP contribution in [0.15, 0.2) is 0 Å². The van der Waals surface area contributed by atoms with Gasteiger partial charge in [0.1, 0.15) is 0 Å². The summed E-state index contributed by atoms with van der Waals surface area (Å²) in [5.74, 6) is 0.298. The fourth-order valence-corrected chi connectivity index (χ4v) is 1.81. The molecule has 2 amide bonds. The molecule has 1 rings (SSSR count). The minimum absolute atomic E-state index is 0.00807. The fourth-order valence-electron chi connectivity index (χ4n) is 1.42. The van der Waals surface area contributed by atoms with E-state index in [1.54, 1.807) is 6.26 Å². The van der Waals surface area contributed by atoms with Gasteiger partial charge in [-0.1, -0.05) is 0 Å². The summed E-state index contributed by atoms with van der Waals surface area (Å²) in [7, 11) is -0.877. The first-order chi connectivity index (χ1) is 7.09. The molecule has 0 aromatic rings. The van der Waals surface area contributed by atoms with Crippen molar-refractivity contribution in [1.82, 2.24) is 10.6 Å². The number of hydrogen-bond donors (Lipinski definition) is 2. The van der Waals surface area contributed by atoms with E-state index in [1.807, 2.05) is 0 Å². The van der Waals surface area contributed by atoms with Crippen LogP contribution in [-0.4, -0.2) is 41.1 Å². The van der Waals surface area contributed by atoms with Crippen LogP contribution in [0.4, 0.5) is 0 Å². The van der Waals surface area contributed by atoms with Crippen LogP contribution in [0.5, 0.6) is 0 Å². The molecule has 15 heavy (non-hydrogen) atoms. The molecule has 2 N–H and O–H groups in total. The van der Waals surface area contributed by atoms with E-state index in [2.05, 4.69) is 10.6 Å². The monoisotopic (exact) mass is 232 g/mol. The Bertz CT molecular complexity index is 271. The van der Waals surface area contributed by atoms with E-state index >= 15 is 0 Å². The maximum Gasteiger partial charge on any atom is 0.224 e. The maximum absolute atomic E-state index is 11.5. The maximum atomic E-state index is 11.5. The molecular weight excluding hydrogens is 216 g/mol. The third-order valence-electron chi connectivity index (χ3n) is 2.33. The molecule has 0 aliphatic carbocycles. The quantitative estimate of drug-likeness (QED) is 0.653. The summed E-state index contributed by atoms with van der Waals surface area (Å²) in [5, 5.41) is 5.37. The minimum atomic E-state index is -0.877. The Labute approximate surface area is 91.4 Å². The Morgan fingerprint density at radius 3 is 2.93 bits per heavy atom. The molecule has 0 aromatic heterocycles. The number of carbonyl (C=O) groups is 2. The summed E-state index contributed by atoms with van der Waals surface area (Å²) in [5.41, 5.74) is 0. The first-order valence-electron chi connectivity index (χ1n) is 4.94. The fraction of sp³-hybridized carbons (Fsp3) is 0.778. The van der Waals surface area contributed by atoms with Gasteiger partial charge in [-0.2, -0.15) is 0 Å². The van der Waals surface area contributed by atoms with E-state index in [0.29, 0.717) is 31.7 Å². The van der Waals surface area contributed by atoms with Crippen LogP contribution in [0, 0.1) is 5.92 Å². The van der Waals surface area contributed by atoms with Crippen LogP contribution in [0.1, 0.15) is 12.8 Å². The highest BCUT2D eigenvalue weighted by atomic mass is 32.2. The zero-order valence-electron chi connectivity index (χ0n) is 8.75. The van der Waals surface area contributed by atoms with Crippen molar-refractivity contribution in [3.05, 3.63) is 0 Å². The van der Waals surface area contributed by atoms with E-state index in [-0.39, 0.29) is 17.7 Å². The Morgan fingerprint density at radius 1 is 1.67 bits per heavy atom. The Balaban J connectivity index is 2.22. The van der Waals surface area contributed by atoms with Crippen molar-refractivity contribution in [2.45, 2.75) is 12.8 Å². The van der Waals surface area contributed by atoms with Gasteiger partial charge in [0, 0.05) is 42.3 Å². The van der Waals surface area contributed by atoms with Crippen molar-refractivity contribution in [2.75, 3.05) is 25.1 Å². The van der Waals surface area contributed by atoms with Crippen molar-refractivity contribution in [3.63, 3.8) is 0 Å². The molecule has 1 fully saturated rings. The Kier molecular flexibility index (Phi) is 4.74. The van der Waals surface area contributed by atoms with Gasteiger partial charge in [-0.3, -0.25) is 13.8 Å². The van der Waals surface area contributed by atoms with Gasteiger partial charge < -0.3 is 10.6 Å². The molecule has 0 spiro atoms. The summed E-state index contributed by atoms with van der Waals surface area (Å²) < 4.78 is 10.7. The van der Waals surface area contributed by atoms with E-state index in [0.717, 1.165) is 0 Å². The summed E-state index contributed by atoms with van der Waals surface area (Å²) in [6.45, 7) is 0.853. The molecule has 0 radical (unpaired) electrons. The van der Waals surface area contributed by atoms with E-state index in [4.69, 9.17) is 0 Å². The van der Waals surface area contributed by atoms with Gasteiger partial charge in [-0.05, 0) is 6.42 Å². The number of piperidine rings is 1. The lowest BCUT2D eigenvalue weighted by Crippen LogP contribution is -2.43. The number of carbonyl (C=O) groups excluding carboxylic acids is 2. The Hall–Kier alpha value is -0.910. The zero-order valence-corrected chi connectivity index (χ0v) is 9.56. The highest BCUT2D eigenvalue weighted by molar-refractivity contribution is 7.84. The topological polar surface area (TPSA) is 75.3 Å². The van der Waals surface area contributed by atoms with E-state index < -0.39 is 10.8 Å². The molecule has 1 heterocycles. The van der Waals surface area contributed by atoms with E-state index in [9.17, 15) is 13.8 Å². The zero-order chi connectivity index (χ0) is 11.3. The molecule has 2 atom stereocenters. The van der Waals surface area contributed by atoms with Gasteiger partial charge in [-0.15, -0.1) is 0 Å². The van der Waals surface area contributed by atoms with Crippen molar-refractivity contribution in [2.24, 2.45) is 5.92 Å². The highest BCUT2D eigenvalue weighted by Gasteiger charge is 2.23. The average molecular weight is 232 g/mol.